The lowest BCUT2D eigenvalue weighted by Gasteiger charge is -2.31. The monoisotopic (exact) mass is 227 g/mol. The summed E-state index contributed by atoms with van der Waals surface area (Å²) in [4.78, 5) is 11.8. The van der Waals surface area contributed by atoms with Crippen LogP contribution in [0.2, 0.25) is 0 Å². The fraction of sp³-hybridized carbons (Fsp3) is 0.923. The first-order valence-corrected chi connectivity index (χ1v) is 6.28. The highest BCUT2D eigenvalue weighted by molar-refractivity contribution is 5.76. The third-order valence-corrected chi connectivity index (χ3v) is 3.25. The van der Waals surface area contributed by atoms with Crippen molar-refractivity contribution in [2.75, 3.05) is 0 Å². The predicted octanol–water partition coefficient (Wildman–Crippen LogP) is 2.48. The van der Waals surface area contributed by atoms with Gasteiger partial charge in [0.25, 0.3) is 0 Å². The summed E-state index contributed by atoms with van der Waals surface area (Å²) < 4.78 is 5.32. The Morgan fingerprint density at radius 3 is 2.19 bits per heavy atom. The average Bonchev–Trinajstić information content (AvgIpc) is 2.15. The van der Waals surface area contributed by atoms with Crippen LogP contribution < -0.4 is 5.73 Å². The highest BCUT2D eigenvalue weighted by Crippen LogP contribution is 2.30. The van der Waals surface area contributed by atoms with E-state index in [2.05, 4.69) is 6.92 Å². The van der Waals surface area contributed by atoms with Gasteiger partial charge in [-0.05, 0) is 45.4 Å². The van der Waals surface area contributed by atoms with Crippen molar-refractivity contribution in [3.05, 3.63) is 0 Å². The van der Waals surface area contributed by atoms with Gasteiger partial charge in [-0.1, -0.05) is 19.8 Å². The van der Waals surface area contributed by atoms with Crippen molar-refractivity contribution >= 4 is 5.97 Å². The maximum Gasteiger partial charge on any atom is 0.323 e. The number of carbonyl (C=O) groups excluding carboxylic acids is 1. The van der Waals surface area contributed by atoms with Crippen molar-refractivity contribution in [1.29, 1.82) is 0 Å². The van der Waals surface area contributed by atoms with Crippen LogP contribution in [-0.4, -0.2) is 17.6 Å². The van der Waals surface area contributed by atoms with Crippen molar-refractivity contribution in [2.45, 2.75) is 65.0 Å². The lowest BCUT2D eigenvalue weighted by atomic mass is 9.79. The molecule has 2 N–H and O–H groups in total. The molecule has 3 nitrogen and oxygen atoms in total. The van der Waals surface area contributed by atoms with Gasteiger partial charge in [-0.2, -0.15) is 0 Å². The lowest BCUT2D eigenvalue weighted by molar-refractivity contribution is -0.158. The van der Waals surface area contributed by atoms with Gasteiger partial charge >= 0.3 is 5.97 Å². The van der Waals surface area contributed by atoms with Crippen LogP contribution in [0.3, 0.4) is 0 Å². The lowest BCUT2D eigenvalue weighted by Crippen LogP contribution is -2.43. The Labute approximate surface area is 98.7 Å². The maximum absolute atomic E-state index is 11.8. The number of rotatable bonds is 2. The van der Waals surface area contributed by atoms with Gasteiger partial charge in [0.2, 0.25) is 0 Å². The summed E-state index contributed by atoms with van der Waals surface area (Å²) >= 11 is 0. The molecule has 3 heteroatoms. The van der Waals surface area contributed by atoms with Gasteiger partial charge in [-0.3, -0.25) is 4.79 Å². The highest BCUT2D eigenvalue weighted by Gasteiger charge is 2.31. The molecular weight excluding hydrogens is 202 g/mol. The molecule has 1 aliphatic rings. The summed E-state index contributed by atoms with van der Waals surface area (Å²) in [5.41, 5.74) is 5.54. The first-order valence-electron chi connectivity index (χ1n) is 6.28. The molecule has 1 unspecified atom stereocenters. The molecule has 0 bridgehead atoms. The zero-order chi connectivity index (χ0) is 12.3. The molecule has 16 heavy (non-hydrogen) atoms. The standard InChI is InChI=1S/C13H25NO2/c1-9-5-7-10(8-6-9)11(14)12(15)16-13(2,3)4/h9-11H,5-8,14H2,1-4H3. The van der Waals surface area contributed by atoms with E-state index in [1.54, 1.807) is 0 Å². The topological polar surface area (TPSA) is 52.3 Å². The molecule has 0 radical (unpaired) electrons. The minimum Gasteiger partial charge on any atom is -0.459 e. The Morgan fingerprint density at radius 2 is 1.75 bits per heavy atom. The SMILES string of the molecule is CC1CCC(C(N)C(=O)OC(C)(C)C)CC1. The van der Waals surface area contributed by atoms with Gasteiger partial charge in [0.15, 0.2) is 0 Å². The first-order chi connectivity index (χ1) is 7.29. The van der Waals surface area contributed by atoms with Crippen LogP contribution in [0.15, 0.2) is 0 Å². The van der Waals surface area contributed by atoms with Crippen LogP contribution >= 0.6 is 0 Å². The second-order valence-corrected chi connectivity index (χ2v) is 6.08. The molecule has 0 amide bonds. The molecule has 0 heterocycles. The van der Waals surface area contributed by atoms with E-state index in [1.165, 1.54) is 12.8 Å². The van der Waals surface area contributed by atoms with E-state index >= 15 is 0 Å². The fourth-order valence-electron chi connectivity index (χ4n) is 2.21. The third-order valence-electron chi connectivity index (χ3n) is 3.25. The highest BCUT2D eigenvalue weighted by atomic mass is 16.6. The number of hydrogen-bond donors (Lipinski definition) is 1. The van der Waals surface area contributed by atoms with Gasteiger partial charge in [0.05, 0.1) is 0 Å². The van der Waals surface area contributed by atoms with E-state index in [1.807, 2.05) is 20.8 Å². The molecule has 0 aromatic heterocycles. The van der Waals surface area contributed by atoms with E-state index in [9.17, 15) is 4.79 Å². The van der Waals surface area contributed by atoms with Crippen molar-refractivity contribution in [3.63, 3.8) is 0 Å². The second kappa shape index (κ2) is 5.17. The molecule has 0 spiro atoms. The van der Waals surface area contributed by atoms with Crippen LogP contribution in [0.5, 0.6) is 0 Å². The first kappa shape index (κ1) is 13.5. The summed E-state index contributed by atoms with van der Waals surface area (Å²) in [5, 5.41) is 0. The van der Waals surface area contributed by atoms with Crippen molar-refractivity contribution in [3.8, 4) is 0 Å². The molecule has 1 atom stereocenters. The molecule has 1 fully saturated rings. The van der Waals surface area contributed by atoms with Crippen LogP contribution in [0.25, 0.3) is 0 Å². The molecule has 1 saturated carbocycles. The molecule has 0 saturated heterocycles. The zero-order valence-electron chi connectivity index (χ0n) is 11.0. The molecule has 1 aliphatic carbocycles. The minimum atomic E-state index is -0.438. The number of nitrogens with two attached hydrogens (primary N) is 1. The second-order valence-electron chi connectivity index (χ2n) is 6.08. The molecular formula is C13H25NO2. The van der Waals surface area contributed by atoms with E-state index in [0.29, 0.717) is 5.92 Å². The number of ether oxygens (including phenoxy) is 1. The molecule has 1 rings (SSSR count). The van der Waals surface area contributed by atoms with Gasteiger partial charge in [-0.25, -0.2) is 0 Å². The number of carbonyl (C=O) groups is 1. The summed E-state index contributed by atoms with van der Waals surface area (Å²) in [6.07, 6.45) is 4.48. The van der Waals surface area contributed by atoms with Gasteiger partial charge < -0.3 is 10.5 Å². The predicted molar refractivity (Wildman–Crippen MR) is 64.9 cm³/mol. The maximum atomic E-state index is 11.8. The van der Waals surface area contributed by atoms with Crippen molar-refractivity contribution < 1.29 is 9.53 Å². The molecule has 0 aliphatic heterocycles. The number of hydrogen-bond acceptors (Lipinski definition) is 3. The Balaban J connectivity index is 2.45. The summed E-state index contributed by atoms with van der Waals surface area (Å²) in [6.45, 7) is 7.89. The van der Waals surface area contributed by atoms with E-state index in [-0.39, 0.29) is 5.97 Å². The third kappa shape index (κ3) is 4.12. The Hall–Kier alpha value is -0.570. The van der Waals surface area contributed by atoms with Gasteiger partial charge in [0, 0.05) is 0 Å². The van der Waals surface area contributed by atoms with E-state index < -0.39 is 11.6 Å². The van der Waals surface area contributed by atoms with Crippen molar-refractivity contribution in [2.24, 2.45) is 17.6 Å². The number of esters is 1. The smallest absolute Gasteiger partial charge is 0.323 e. The fourth-order valence-corrected chi connectivity index (χ4v) is 2.21. The Kier molecular flexibility index (Phi) is 4.36. The largest absolute Gasteiger partial charge is 0.459 e. The normalized spacial score (nSPS) is 28.6. The van der Waals surface area contributed by atoms with Crippen LogP contribution in [-0.2, 0) is 9.53 Å². The zero-order valence-corrected chi connectivity index (χ0v) is 11.0. The summed E-state index contributed by atoms with van der Waals surface area (Å²) in [5.74, 6) is 0.847. The summed E-state index contributed by atoms with van der Waals surface area (Å²) in [6, 6.07) is -0.438. The minimum absolute atomic E-state index is 0.243. The Bertz CT molecular complexity index is 237. The van der Waals surface area contributed by atoms with Crippen molar-refractivity contribution in [1.82, 2.24) is 0 Å². The van der Waals surface area contributed by atoms with Gasteiger partial charge in [0.1, 0.15) is 11.6 Å². The molecule has 0 aromatic carbocycles. The molecule has 94 valence electrons. The quantitative estimate of drug-likeness (QED) is 0.737. The van der Waals surface area contributed by atoms with E-state index in [0.717, 1.165) is 18.8 Å². The van der Waals surface area contributed by atoms with Crippen LogP contribution in [0.4, 0.5) is 0 Å². The Morgan fingerprint density at radius 1 is 1.25 bits per heavy atom. The average molecular weight is 227 g/mol. The summed E-state index contributed by atoms with van der Waals surface area (Å²) in [7, 11) is 0. The van der Waals surface area contributed by atoms with E-state index in [4.69, 9.17) is 10.5 Å². The molecule has 0 aromatic rings. The van der Waals surface area contributed by atoms with Crippen LogP contribution in [0, 0.1) is 11.8 Å². The van der Waals surface area contributed by atoms with Crippen LogP contribution in [0.1, 0.15) is 53.4 Å². The van der Waals surface area contributed by atoms with Gasteiger partial charge in [-0.15, -0.1) is 0 Å².